The van der Waals surface area contributed by atoms with Gasteiger partial charge in [0.25, 0.3) is 5.92 Å². The van der Waals surface area contributed by atoms with Gasteiger partial charge in [0.2, 0.25) is 0 Å². The molecule has 0 bridgehead atoms. The van der Waals surface area contributed by atoms with E-state index in [-0.39, 0.29) is 13.0 Å². The molecule has 0 atom stereocenters. The normalized spacial score (nSPS) is 26.5. The summed E-state index contributed by atoms with van der Waals surface area (Å²) in [5.74, 6) is -2.43. The number of unbranched alkanes of at least 4 members (excludes halogenated alkanes) is 1. The molecule has 5 heteroatoms. The molecule has 17 heavy (non-hydrogen) atoms. The molecule has 0 aromatic carbocycles. The predicted molar refractivity (Wildman–Crippen MR) is 64.5 cm³/mol. The zero-order chi connectivity index (χ0) is 12.1. The Hall–Kier alpha value is -0.260. The second-order valence-corrected chi connectivity index (χ2v) is 5.18. The number of nitrogens with zero attached hydrogens (tertiary/aromatic N) is 2. The van der Waals surface area contributed by atoms with Gasteiger partial charge in [0.05, 0.1) is 6.54 Å². The van der Waals surface area contributed by atoms with Gasteiger partial charge in [-0.3, -0.25) is 4.90 Å². The van der Waals surface area contributed by atoms with Crippen LogP contribution < -0.4 is 5.32 Å². The maximum absolute atomic E-state index is 12.9. The molecule has 0 aromatic heterocycles. The standard InChI is InChI=1S/C12H23F2N3/c13-12(14)3-8-17(11-12)7-2-1-6-16-9-4-15-5-10-16/h15H,1-11H2. The van der Waals surface area contributed by atoms with Crippen molar-refractivity contribution in [2.24, 2.45) is 0 Å². The number of rotatable bonds is 5. The van der Waals surface area contributed by atoms with Crippen molar-refractivity contribution in [3.63, 3.8) is 0 Å². The first-order chi connectivity index (χ1) is 8.16. The molecule has 2 saturated heterocycles. The van der Waals surface area contributed by atoms with Crippen LogP contribution in [0.2, 0.25) is 0 Å². The first kappa shape index (κ1) is 13.2. The van der Waals surface area contributed by atoms with Gasteiger partial charge in [0, 0.05) is 39.1 Å². The van der Waals surface area contributed by atoms with Crippen LogP contribution in [-0.2, 0) is 0 Å². The van der Waals surface area contributed by atoms with Crippen molar-refractivity contribution >= 4 is 0 Å². The third-order valence-electron chi connectivity index (χ3n) is 3.66. The minimum absolute atomic E-state index is 0.0271. The molecule has 3 nitrogen and oxygen atoms in total. The molecule has 0 saturated carbocycles. The third kappa shape index (κ3) is 4.48. The monoisotopic (exact) mass is 247 g/mol. The largest absolute Gasteiger partial charge is 0.314 e. The number of likely N-dealkylation sites (tertiary alicyclic amines) is 1. The van der Waals surface area contributed by atoms with Crippen molar-refractivity contribution in [2.45, 2.75) is 25.2 Å². The number of piperazine rings is 1. The first-order valence-corrected chi connectivity index (χ1v) is 6.69. The van der Waals surface area contributed by atoms with Gasteiger partial charge in [0.15, 0.2) is 0 Å². The quantitative estimate of drug-likeness (QED) is 0.732. The molecule has 0 radical (unpaired) electrons. The number of hydrogen-bond acceptors (Lipinski definition) is 3. The summed E-state index contributed by atoms with van der Waals surface area (Å²) in [7, 11) is 0. The molecular formula is C12H23F2N3. The zero-order valence-electron chi connectivity index (χ0n) is 10.4. The molecule has 100 valence electrons. The Morgan fingerprint density at radius 1 is 0.941 bits per heavy atom. The van der Waals surface area contributed by atoms with Gasteiger partial charge in [-0.05, 0) is 25.9 Å². The van der Waals surface area contributed by atoms with Crippen LogP contribution in [0.15, 0.2) is 0 Å². The van der Waals surface area contributed by atoms with E-state index in [0.717, 1.165) is 52.1 Å². The van der Waals surface area contributed by atoms with Crippen LogP contribution in [0.5, 0.6) is 0 Å². The third-order valence-corrected chi connectivity index (χ3v) is 3.66. The van der Waals surface area contributed by atoms with E-state index in [9.17, 15) is 8.78 Å². The Balaban J connectivity index is 1.51. The lowest BCUT2D eigenvalue weighted by atomic mass is 10.2. The second kappa shape index (κ2) is 6.07. The second-order valence-electron chi connectivity index (χ2n) is 5.18. The Bertz CT molecular complexity index is 230. The van der Waals surface area contributed by atoms with Crippen LogP contribution >= 0.6 is 0 Å². The fourth-order valence-corrected chi connectivity index (χ4v) is 2.60. The van der Waals surface area contributed by atoms with E-state index in [2.05, 4.69) is 10.2 Å². The summed E-state index contributed by atoms with van der Waals surface area (Å²) in [5, 5.41) is 3.33. The van der Waals surface area contributed by atoms with Crippen molar-refractivity contribution in [2.75, 3.05) is 52.4 Å². The molecule has 0 amide bonds. The number of nitrogens with one attached hydrogen (secondary N) is 1. The minimum Gasteiger partial charge on any atom is -0.314 e. The van der Waals surface area contributed by atoms with Crippen molar-refractivity contribution in [1.29, 1.82) is 0 Å². The van der Waals surface area contributed by atoms with Crippen molar-refractivity contribution < 1.29 is 8.78 Å². The highest BCUT2D eigenvalue weighted by molar-refractivity contribution is 4.81. The number of hydrogen-bond donors (Lipinski definition) is 1. The molecular weight excluding hydrogens is 224 g/mol. The fourth-order valence-electron chi connectivity index (χ4n) is 2.60. The average molecular weight is 247 g/mol. The SMILES string of the molecule is FC1(F)CCN(CCCCN2CCNCC2)C1. The van der Waals surface area contributed by atoms with Crippen LogP contribution in [0.25, 0.3) is 0 Å². The zero-order valence-corrected chi connectivity index (χ0v) is 10.4. The Labute approximate surface area is 102 Å². The lowest BCUT2D eigenvalue weighted by Gasteiger charge is -2.27. The Kier molecular flexibility index (Phi) is 4.70. The van der Waals surface area contributed by atoms with Crippen LogP contribution in [-0.4, -0.2) is 68.1 Å². The van der Waals surface area contributed by atoms with Gasteiger partial charge < -0.3 is 10.2 Å². The lowest BCUT2D eigenvalue weighted by Crippen LogP contribution is -2.43. The van der Waals surface area contributed by atoms with E-state index in [1.54, 1.807) is 0 Å². The maximum atomic E-state index is 12.9. The lowest BCUT2D eigenvalue weighted by molar-refractivity contribution is 0.0121. The molecule has 1 N–H and O–H groups in total. The summed E-state index contributed by atoms with van der Waals surface area (Å²) in [5.41, 5.74) is 0. The smallest absolute Gasteiger partial charge is 0.261 e. The molecule has 2 heterocycles. The molecule has 2 aliphatic rings. The van der Waals surface area contributed by atoms with Crippen LogP contribution in [0.4, 0.5) is 8.78 Å². The Morgan fingerprint density at radius 3 is 2.18 bits per heavy atom. The van der Waals surface area contributed by atoms with E-state index in [1.807, 2.05) is 4.90 Å². The summed E-state index contributed by atoms with van der Waals surface area (Å²) in [6.07, 6.45) is 2.22. The summed E-state index contributed by atoms with van der Waals surface area (Å²) >= 11 is 0. The molecule has 2 aliphatic heterocycles. The van der Waals surface area contributed by atoms with E-state index >= 15 is 0 Å². The molecule has 0 aliphatic carbocycles. The fraction of sp³-hybridized carbons (Fsp3) is 1.00. The average Bonchev–Trinajstić information content (AvgIpc) is 2.66. The predicted octanol–water partition coefficient (Wildman–Crippen LogP) is 1.01. The van der Waals surface area contributed by atoms with Crippen molar-refractivity contribution in [1.82, 2.24) is 15.1 Å². The topological polar surface area (TPSA) is 18.5 Å². The Morgan fingerprint density at radius 2 is 1.59 bits per heavy atom. The van der Waals surface area contributed by atoms with Gasteiger partial charge in [-0.25, -0.2) is 8.78 Å². The molecule has 2 rings (SSSR count). The van der Waals surface area contributed by atoms with Gasteiger partial charge >= 0.3 is 0 Å². The minimum atomic E-state index is -2.43. The first-order valence-electron chi connectivity index (χ1n) is 6.69. The molecule has 0 unspecified atom stereocenters. The van der Waals surface area contributed by atoms with Crippen LogP contribution in [0, 0.1) is 0 Å². The maximum Gasteiger partial charge on any atom is 0.261 e. The van der Waals surface area contributed by atoms with E-state index < -0.39 is 5.92 Å². The van der Waals surface area contributed by atoms with Gasteiger partial charge in [-0.15, -0.1) is 0 Å². The van der Waals surface area contributed by atoms with E-state index in [0.29, 0.717) is 6.54 Å². The van der Waals surface area contributed by atoms with Crippen molar-refractivity contribution in [3.05, 3.63) is 0 Å². The molecule has 0 aromatic rings. The number of halogens is 2. The van der Waals surface area contributed by atoms with E-state index in [1.165, 1.54) is 0 Å². The number of alkyl halides is 2. The van der Waals surface area contributed by atoms with Crippen LogP contribution in [0.1, 0.15) is 19.3 Å². The summed E-state index contributed by atoms with van der Waals surface area (Å²) in [6.45, 7) is 6.91. The highest BCUT2D eigenvalue weighted by atomic mass is 19.3. The van der Waals surface area contributed by atoms with Crippen molar-refractivity contribution in [3.8, 4) is 0 Å². The van der Waals surface area contributed by atoms with Gasteiger partial charge in [-0.1, -0.05) is 0 Å². The van der Waals surface area contributed by atoms with Gasteiger partial charge in [-0.2, -0.15) is 0 Å². The molecule has 2 fully saturated rings. The van der Waals surface area contributed by atoms with E-state index in [4.69, 9.17) is 0 Å². The highest BCUT2D eigenvalue weighted by Crippen LogP contribution is 2.26. The van der Waals surface area contributed by atoms with Crippen LogP contribution in [0.3, 0.4) is 0 Å². The summed E-state index contributed by atoms with van der Waals surface area (Å²) in [6, 6.07) is 0. The van der Waals surface area contributed by atoms with Gasteiger partial charge in [0.1, 0.15) is 0 Å². The highest BCUT2D eigenvalue weighted by Gasteiger charge is 2.37. The molecule has 0 spiro atoms. The summed E-state index contributed by atoms with van der Waals surface area (Å²) < 4.78 is 25.9. The summed E-state index contributed by atoms with van der Waals surface area (Å²) in [4.78, 5) is 4.35.